The zero-order chi connectivity index (χ0) is 18.5. The Labute approximate surface area is 154 Å². The third-order valence-electron chi connectivity index (χ3n) is 5.08. The smallest absolute Gasteiger partial charge is 0.259 e. The van der Waals surface area contributed by atoms with E-state index in [1.54, 1.807) is 6.20 Å². The number of hydrogen-bond acceptors (Lipinski definition) is 6. The van der Waals surface area contributed by atoms with Crippen LogP contribution in [0, 0.1) is 12.8 Å². The molecular weight excluding hydrogens is 330 g/mol. The van der Waals surface area contributed by atoms with Crippen LogP contribution < -0.4 is 5.32 Å². The van der Waals surface area contributed by atoms with Crippen molar-refractivity contribution >= 4 is 11.7 Å². The van der Waals surface area contributed by atoms with Crippen molar-refractivity contribution in [1.29, 1.82) is 0 Å². The van der Waals surface area contributed by atoms with Crippen molar-refractivity contribution in [2.24, 2.45) is 5.92 Å². The summed E-state index contributed by atoms with van der Waals surface area (Å²) >= 11 is 0. The normalized spacial score (nSPS) is 17.8. The van der Waals surface area contributed by atoms with Gasteiger partial charge in [0.1, 0.15) is 17.1 Å². The van der Waals surface area contributed by atoms with Crippen molar-refractivity contribution in [2.45, 2.75) is 46.0 Å². The van der Waals surface area contributed by atoms with Crippen LogP contribution >= 0.6 is 0 Å². The van der Waals surface area contributed by atoms with E-state index in [1.807, 2.05) is 32.0 Å². The number of hydrogen-bond donors (Lipinski definition) is 1. The van der Waals surface area contributed by atoms with Crippen molar-refractivity contribution in [3.05, 3.63) is 35.1 Å². The molecule has 0 aromatic carbocycles. The molecule has 0 saturated carbocycles. The highest BCUT2D eigenvalue weighted by Crippen LogP contribution is 2.24. The number of aryl methyl sites for hydroxylation is 2. The van der Waals surface area contributed by atoms with Crippen LogP contribution in [-0.2, 0) is 12.8 Å². The van der Waals surface area contributed by atoms with Gasteiger partial charge in [-0.1, -0.05) is 12.1 Å². The molecule has 0 aliphatic carbocycles. The molecule has 3 heterocycles. The molecule has 2 aromatic rings. The molecule has 7 heteroatoms. The molecule has 1 atom stereocenters. The lowest BCUT2D eigenvalue weighted by Crippen LogP contribution is -2.32. The number of likely N-dealkylation sites (tertiary alicyclic amines) is 1. The Morgan fingerprint density at radius 1 is 1.31 bits per heavy atom. The van der Waals surface area contributed by atoms with Gasteiger partial charge in [-0.05, 0) is 44.9 Å². The monoisotopic (exact) mass is 357 g/mol. The van der Waals surface area contributed by atoms with E-state index < -0.39 is 0 Å². The van der Waals surface area contributed by atoms with Gasteiger partial charge in [-0.3, -0.25) is 9.78 Å². The van der Waals surface area contributed by atoms with E-state index in [4.69, 9.17) is 4.52 Å². The summed E-state index contributed by atoms with van der Waals surface area (Å²) in [6.45, 7) is 5.35. The SMILES string of the molecule is CCc1noc(C)c1C(=O)N1CCC[C@H](Cc2cnc(NC)cn2)CC1. The Morgan fingerprint density at radius 3 is 2.85 bits per heavy atom. The van der Waals surface area contributed by atoms with Gasteiger partial charge in [0.15, 0.2) is 0 Å². The van der Waals surface area contributed by atoms with Crippen molar-refractivity contribution < 1.29 is 9.32 Å². The Balaban J connectivity index is 1.62. The van der Waals surface area contributed by atoms with Gasteiger partial charge in [-0.2, -0.15) is 0 Å². The van der Waals surface area contributed by atoms with Gasteiger partial charge in [0.2, 0.25) is 0 Å². The predicted molar refractivity (Wildman–Crippen MR) is 99.1 cm³/mol. The molecule has 1 N–H and O–H groups in total. The fraction of sp³-hybridized carbons (Fsp3) is 0.579. The highest BCUT2D eigenvalue weighted by atomic mass is 16.5. The molecule has 1 saturated heterocycles. The fourth-order valence-electron chi connectivity index (χ4n) is 3.55. The summed E-state index contributed by atoms with van der Waals surface area (Å²) in [5.74, 6) is 1.98. The van der Waals surface area contributed by atoms with E-state index in [-0.39, 0.29) is 5.91 Å². The number of carbonyl (C=O) groups is 1. The molecule has 7 nitrogen and oxygen atoms in total. The summed E-state index contributed by atoms with van der Waals surface area (Å²) in [6.07, 6.45) is 8.30. The van der Waals surface area contributed by atoms with E-state index in [9.17, 15) is 4.79 Å². The molecule has 0 radical (unpaired) electrons. The average Bonchev–Trinajstić information content (AvgIpc) is 2.88. The summed E-state index contributed by atoms with van der Waals surface area (Å²) in [6, 6.07) is 0. The van der Waals surface area contributed by atoms with Gasteiger partial charge in [0.05, 0.1) is 23.8 Å². The molecule has 0 unspecified atom stereocenters. The van der Waals surface area contributed by atoms with E-state index in [0.717, 1.165) is 56.0 Å². The first-order valence-electron chi connectivity index (χ1n) is 9.35. The maximum atomic E-state index is 12.9. The third kappa shape index (κ3) is 4.03. The number of carbonyl (C=O) groups excluding carboxylic acids is 1. The number of aromatic nitrogens is 3. The van der Waals surface area contributed by atoms with Gasteiger partial charge >= 0.3 is 0 Å². The highest BCUT2D eigenvalue weighted by molar-refractivity contribution is 5.96. The van der Waals surface area contributed by atoms with Crippen LogP contribution in [-0.4, -0.2) is 46.1 Å². The van der Waals surface area contributed by atoms with Crippen LogP contribution in [0.25, 0.3) is 0 Å². The molecule has 3 rings (SSSR count). The number of nitrogens with zero attached hydrogens (tertiary/aromatic N) is 4. The molecule has 1 aliphatic rings. The largest absolute Gasteiger partial charge is 0.372 e. The summed E-state index contributed by atoms with van der Waals surface area (Å²) in [5, 5.41) is 7.00. The minimum atomic E-state index is 0.0550. The molecule has 2 aromatic heterocycles. The molecule has 140 valence electrons. The zero-order valence-electron chi connectivity index (χ0n) is 15.8. The van der Waals surface area contributed by atoms with E-state index >= 15 is 0 Å². The minimum Gasteiger partial charge on any atom is -0.372 e. The molecule has 26 heavy (non-hydrogen) atoms. The summed E-state index contributed by atoms with van der Waals surface area (Å²) in [4.78, 5) is 23.7. The summed E-state index contributed by atoms with van der Waals surface area (Å²) in [7, 11) is 1.84. The Bertz CT molecular complexity index is 741. The predicted octanol–water partition coefficient (Wildman–Crippen LogP) is 2.86. The lowest BCUT2D eigenvalue weighted by Gasteiger charge is -2.20. The quantitative estimate of drug-likeness (QED) is 0.886. The molecule has 0 spiro atoms. The van der Waals surface area contributed by atoms with Crippen LogP contribution in [0.4, 0.5) is 5.82 Å². The van der Waals surface area contributed by atoms with Crippen LogP contribution in [0.2, 0.25) is 0 Å². The highest BCUT2D eigenvalue weighted by Gasteiger charge is 2.27. The van der Waals surface area contributed by atoms with Gasteiger partial charge in [0.25, 0.3) is 5.91 Å². The van der Waals surface area contributed by atoms with Crippen LogP contribution in [0.15, 0.2) is 16.9 Å². The van der Waals surface area contributed by atoms with Gasteiger partial charge < -0.3 is 14.7 Å². The second kappa shape index (κ2) is 8.29. The first-order valence-corrected chi connectivity index (χ1v) is 9.35. The molecular formula is C19H27N5O2. The number of anilines is 1. The summed E-state index contributed by atoms with van der Waals surface area (Å²) < 4.78 is 5.23. The maximum Gasteiger partial charge on any atom is 0.259 e. The number of amides is 1. The first-order chi connectivity index (χ1) is 12.6. The minimum absolute atomic E-state index is 0.0550. The van der Waals surface area contributed by atoms with Crippen molar-refractivity contribution in [1.82, 2.24) is 20.0 Å². The fourth-order valence-corrected chi connectivity index (χ4v) is 3.55. The summed E-state index contributed by atoms with van der Waals surface area (Å²) in [5.41, 5.74) is 2.42. The van der Waals surface area contributed by atoms with Crippen molar-refractivity contribution in [3.8, 4) is 0 Å². The Kier molecular flexibility index (Phi) is 5.85. The van der Waals surface area contributed by atoms with Crippen LogP contribution in [0.3, 0.4) is 0 Å². The first kappa shape index (κ1) is 18.4. The number of nitrogens with one attached hydrogen (secondary N) is 1. The van der Waals surface area contributed by atoms with Gasteiger partial charge in [-0.15, -0.1) is 0 Å². The van der Waals surface area contributed by atoms with E-state index in [2.05, 4.69) is 20.4 Å². The standard InChI is InChI=1S/C19H27N5O2/c1-4-16-18(13(2)26-23-16)19(25)24-8-5-6-14(7-9-24)10-15-11-22-17(20-3)12-21-15/h11-12,14H,4-10H2,1-3H3,(H,20,22)/t14-/m0/s1. The van der Waals surface area contributed by atoms with Crippen molar-refractivity contribution in [3.63, 3.8) is 0 Å². The third-order valence-corrected chi connectivity index (χ3v) is 5.08. The molecule has 1 aliphatic heterocycles. The Morgan fingerprint density at radius 2 is 2.15 bits per heavy atom. The topological polar surface area (TPSA) is 84.2 Å². The lowest BCUT2D eigenvalue weighted by molar-refractivity contribution is 0.0757. The lowest BCUT2D eigenvalue weighted by atomic mass is 9.95. The molecule has 1 fully saturated rings. The van der Waals surface area contributed by atoms with E-state index in [0.29, 0.717) is 23.7 Å². The van der Waals surface area contributed by atoms with Crippen LogP contribution in [0.5, 0.6) is 0 Å². The average molecular weight is 357 g/mol. The second-order valence-corrected chi connectivity index (χ2v) is 6.85. The van der Waals surface area contributed by atoms with Gasteiger partial charge in [-0.25, -0.2) is 4.98 Å². The molecule has 1 amide bonds. The van der Waals surface area contributed by atoms with E-state index in [1.165, 1.54) is 0 Å². The van der Waals surface area contributed by atoms with Crippen LogP contribution in [0.1, 0.15) is 53.7 Å². The van der Waals surface area contributed by atoms with Gasteiger partial charge in [0, 0.05) is 20.1 Å². The Hall–Kier alpha value is -2.44. The zero-order valence-corrected chi connectivity index (χ0v) is 15.8. The van der Waals surface area contributed by atoms with Crippen molar-refractivity contribution in [2.75, 3.05) is 25.5 Å². The molecule has 0 bridgehead atoms. The number of rotatable bonds is 5. The second-order valence-electron chi connectivity index (χ2n) is 6.85. The maximum absolute atomic E-state index is 12.9.